The van der Waals surface area contributed by atoms with Crippen LogP contribution in [-0.4, -0.2) is 45.6 Å². The van der Waals surface area contributed by atoms with E-state index in [0.717, 1.165) is 5.56 Å². The molecule has 1 aromatic carbocycles. The third kappa shape index (κ3) is 3.72. The summed E-state index contributed by atoms with van der Waals surface area (Å²) in [4.78, 5) is 31.3. The van der Waals surface area contributed by atoms with Gasteiger partial charge in [0.2, 0.25) is 5.91 Å². The number of nitrogens with two attached hydrogens (primary N) is 2. The highest BCUT2D eigenvalue weighted by Crippen LogP contribution is 2.30. The molecule has 1 aromatic heterocycles. The molecule has 2 amide bonds. The SMILES string of the molecule is CC(Nc1cc(C(N)=O)nc(-c2ccc3c(c2)OCC(O)C3)n1)C(N)=O. The number of rotatable bonds is 5. The van der Waals surface area contributed by atoms with Crippen LogP contribution in [0.3, 0.4) is 0 Å². The summed E-state index contributed by atoms with van der Waals surface area (Å²) in [7, 11) is 0. The van der Waals surface area contributed by atoms with Gasteiger partial charge in [0.1, 0.15) is 29.9 Å². The summed E-state index contributed by atoms with van der Waals surface area (Å²) in [5.41, 5.74) is 12.1. The summed E-state index contributed by atoms with van der Waals surface area (Å²) >= 11 is 0. The Morgan fingerprint density at radius 1 is 1.31 bits per heavy atom. The molecular formula is C17H19N5O4. The van der Waals surface area contributed by atoms with Gasteiger partial charge in [-0.2, -0.15) is 0 Å². The predicted octanol–water partition coefficient (Wildman–Crippen LogP) is -0.176. The van der Waals surface area contributed by atoms with E-state index in [0.29, 0.717) is 17.7 Å². The highest BCUT2D eigenvalue weighted by Gasteiger charge is 2.20. The first kappa shape index (κ1) is 17.6. The molecule has 1 aliphatic rings. The minimum atomic E-state index is -0.722. The predicted molar refractivity (Wildman–Crippen MR) is 93.5 cm³/mol. The third-order valence-corrected chi connectivity index (χ3v) is 3.98. The maximum atomic E-state index is 11.6. The zero-order chi connectivity index (χ0) is 18.8. The number of aliphatic hydroxyl groups is 1. The van der Waals surface area contributed by atoms with Crippen molar-refractivity contribution in [3.8, 4) is 17.1 Å². The number of hydrogen-bond donors (Lipinski definition) is 4. The van der Waals surface area contributed by atoms with Crippen molar-refractivity contribution in [3.05, 3.63) is 35.5 Å². The molecule has 2 aromatic rings. The van der Waals surface area contributed by atoms with E-state index in [1.165, 1.54) is 6.07 Å². The van der Waals surface area contributed by atoms with E-state index in [1.807, 2.05) is 6.07 Å². The highest BCUT2D eigenvalue weighted by atomic mass is 16.5. The number of anilines is 1. The molecular weight excluding hydrogens is 338 g/mol. The maximum Gasteiger partial charge on any atom is 0.267 e. The number of nitrogens with one attached hydrogen (secondary N) is 1. The van der Waals surface area contributed by atoms with Crippen molar-refractivity contribution in [2.45, 2.75) is 25.5 Å². The van der Waals surface area contributed by atoms with Gasteiger partial charge in [0.15, 0.2) is 5.82 Å². The first-order valence-electron chi connectivity index (χ1n) is 8.02. The Kier molecular flexibility index (Phi) is 4.72. The molecule has 0 fully saturated rings. The Bertz CT molecular complexity index is 870. The number of benzene rings is 1. The number of fused-ring (bicyclic) bond motifs is 1. The van der Waals surface area contributed by atoms with E-state index >= 15 is 0 Å². The molecule has 2 heterocycles. The Balaban J connectivity index is 2.00. The second-order valence-electron chi connectivity index (χ2n) is 6.09. The van der Waals surface area contributed by atoms with E-state index in [9.17, 15) is 14.7 Å². The van der Waals surface area contributed by atoms with Crippen LogP contribution in [0.15, 0.2) is 24.3 Å². The van der Waals surface area contributed by atoms with Gasteiger partial charge in [0, 0.05) is 18.1 Å². The molecule has 0 radical (unpaired) electrons. The van der Waals surface area contributed by atoms with Crippen LogP contribution in [0.1, 0.15) is 23.0 Å². The van der Waals surface area contributed by atoms with Gasteiger partial charge in [-0.05, 0) is 18.6 Å². The molecule has 6 N–H and O–H groups in total. The number of amides is 2. The number of nitrogens with zero attached hydrogens (tertiary/aromatic N) is 2. The van der Waals surface area contributed by atoms with E-state index in [2.05, 4.69) is 15.3 Å². The lowest BCUT2D eigenvalue weighted by Gasteiger charge is -2.22. The number of primary amides is 2. The molecule has 0 aliphatic carbocycles. The Morgan fingerprint density at radius 2 is 2.08 bits per heavy atom. The summed E-state index contributed by atoms with van der Waals surface area (Å²) in [6, 6.07) is 5.99. The molecule has 0 saturated heterocycles. The van der Waals surface area contributed by atoms with Crippen LogP contribution in [0.5, 0.6) is 5.75 Å². The van der Waals surface area contributed by atoms with E-state index in [1.54, 1.807) is 19.1 Å². The smallest absolute Gasteiger partial charge is 0.267 e. The summed E-state index contributed by atoms with van der Waals surface area (Å²) in [6.07, 6.45) is -0.0327. The summed E-state index contributed by atoms with van der Waals surface area (Å²) in [5, 5.41) is 12.5. The van der Waals surface area contributed by atoms with Gasteiger partial charge in [-0.3, -0.25) is 9.59 Å². The summed E-state index contributed by atoms with van der Waals surface area (Å²) < 4.78 is 5.53. The standard InChI is InChI=1S/C17H19N5O4/c1-8(15(18)24)20-14-6-12(16(19)25)21-17(22-14)10-3-2-9-4-11(23)7-26-13(9)5-10/h2-3,5-6,8,11,23H,4,7H2,1H3,(H2,18,24)(H2,19,25)(H,20,21,22). The quantitative estimate of drug-likeness (QED) is 0.579. The van der Waals surface area contributed by atoms with Gasteiger partial charge in [0.05, 0.1) is 6.10 Å². The van der Waals surface area contributed by atoms with Crippen LogP contribution < -0.4 is 21.5 Å². The van der Waals surface area contributed by atoms with Crippen LogP contribution in [-0.2, 0) is 11.2 Å². The molecule has 1 aliphatic heterocycles. The number of hydrogen-bond acceptors (Lipinski definition) is 7. The first-order chi connectivity index (χ1) is 12.3. The van der Waals surface area contributed by atoms with Crippen molar-refractivity contribution < 1.29 is 19.4 Å². The van der Waals surface area contributed by atoms with Gasteiger partial charge in [-0.15, -0.1) is 0 Å². The topological polar surface area (TPSA) is 153 Å². The van der Waals surface area contributed by atoms with Crippen LogP contribution in [0.4, 0.5) is 5.82 Å². The minimum Gasteiger partial charge on any atom is -0.491 e. The molecule has 0 bridgehead atoms. The molecule has 2 unspecified atom stereocenters. The molecule has 2 atom stereocenters. The summed E-state index contributed by atoms with van der Waals surface area (Å²) in [6.45, 7) is 1.79. The van der Waals surface area contributed by atoms with E-state index in [4.69, 9.17) is 16.2 Å². The fourth-order valence-electron chi connectivity index (χ4n) is 2.56. The molecule has 3 rings (SSSR count). The number of ether oxygens (including phenoxy) is 1. The van der Waals surface area contributed by atoms with Gasteiger partial charge < -0.3 is 26.6 Å². The molecule has 9 heteroatoms. The van der Waals surface area contributed by atoms with Gasteiger partial charge in [-0.1, -0.05) is 12.1 Å². The minimum absolute atomic E-state index is 0.00299. The van der Waals surface area contributed by atoms with E-state index < -0.39 is 24.0 Å². The largest absolute Gasteiger partial charge is 0.491 e. The average molecular weight is 357 g/mol. The number of carbonyl (C=O) groups excluding carboxylic acids is 2. The van der Waals surface area contributed by atoms with Crippen molar-refractivity contribution in [2.24, 2.45) is 11.5 Å². The van der Waals surface area contributed by atoms with Gasteiger partial charge >= 0.3 is 0 Å². The zero-order valence-corrected chi connectivity index (χ0v) is 14.1. The molecule has 0 spiro atoms. The Labute approximate surface area is 149 Å². The Morgan fingerprint density at radius 3 is 2.77 bits per heavy atom. The molecule has 26 heavy (non-hydrogen) atoms. The first-order valence-corrected chi connectivity index (χ1v) is 8.02. The number of aliphatic hydroxyl groups excluding tert-OH is 1. The molecule has 136 valence electrons. The van der Waals surface area contributed by atoms with Gasteiger partial charge in [0.25, 0.3) is 5.91 Å². The van der Waals surface area contributed by atoms with Crippen molar-refractivity contribution >= 4 is 17.6 Å². The second kappa shape index (κ2) is 6.96. The monoisotopic (exact) mass is 357 g/mol. The van der Waals surface area contributed by atoms with Gasteiger partial charge in [-0.25, -0.2) is 9.97 Å². The van der Waals surface area contributed by atoms with Crippen LogP contribution in [0.25, 0.3) is 11.4 Å². The van der Waals surface area contributed by atoms with Crippen molar-refractivity contribution in [1.82, 2.24) is 9.97 Å². The van der Waals surface area contributed by atoms with Crippen LogP contribution in [0, 0.1) is 0 Å². The van der Waals surface area contributed by atoms with Crippen molar-refractivity contribution in [2.75, 3.05) is 11.9 Å². The lowest BCUT2D eigenvalue weighted by molar-refractivity contribution is -0.118. The summed E-state index contributed by atoms with van der Waals surface area (Å²) in [5.74, 6) is -0.157. The highest BCUT2D eigenvalue weighted by molar-refractivity contribution is 5.92. The fourth-order valence-corrected chi connectivity index (χ4v) is 2.56. The maximum absolute atomic E-state index is 11.6. The van der Waals surface area contributed by atoms with Crippen LogP contribution >= 0.6 is 0 Å². The van der Waals surface area contributed by atoms with E-state index in [-0.39, 0.29) is 23.9 Å². The van der Waals surface area contributed by atoms with Crippen molar-refractivity contribution in [3.63, 3.8) is 0 Å². The Hall–Kier alpha value is -3.20. The number of aromatic nitrogens is 2. The number of carbonyl (C=O) groups is 2. The lowest BCUT2D eigenvalue weighted by atomic mass is 10.0. The van der Waals surface area contributed by atoms with Crippen molar-refractivity contribution in [1.29, 1.82) is 0 Å². The second-order valence-corrected chi connectivity index (χ2v) is 6.09. The average Bonchev–Trinajstić information content (AvgIpc) is 2.60. The third-order valence-electron chi connectivity index (χ3n) is 3.98. The molecule has 0 saturated carbocycles. The molecule has 9 nitrogen and oxygen atoms in total. The normalized spacial score (nSPS) is 16.9. The fraction of sp³-hybridized carbons (Fsp3) is 0.294. The lowest BCUT2D eigenvalue weighted by Crippen LogP contribution is -2.33. The van der Waals surface area contributed by atoms with Crippen LogP contribution in [0.2, 0.25) is 0 Å². The zero-order valence-electron chi connectivity index (χ0n) is 14.1.